The van der Waals surface area contributed by atoms with Gasteiger partial charge < -0.3 is 4.57 Å². The lowest BCUT2D eigenvalue weighted by atomic mass is 9.94. The molecule has 0 aliphatic carbocycles. The second-order valence-electron chi connectivity index (χ2n) is 9.51. The highest BCUT2D eigenvalue weighted by Gasteiger charge is 2.21. The highest BCUT2D eigenvalue weighted by atomic mass is 15.5. The third kappa shape index (κ3) is 4.08. The summed E-state index contributed by atoms with van der Waals surface area (Å²) in [4.78, 5) is 9.74. The quantitative estimate of drug-likeness (QED) is 0.260. The Labute approximate surface area is 221 Å². The van der Waals surface area contributed by atoms with Crippen molar-refractivity contribution in [1.29, 1.82) is 0 Å². The molecule has 8 nitrogen and oxygen atoms in total. The molecule has 0 aliphatic heterocycles. The summed E-state index contributed by atoms with van der Waals surface area (Å²) in [6.45, 7) is 7.44. The number of imidazole rings is 2. The van der Waals surface area contributed by atoms with Crippen molar-refractivity contribution in [3.05, 3.63) is 84.4 Å². The van der Waals surface area contributed by atoms with Crippen LogP contribution in [0.3, 0.4) is 0 Å². The number of hydrogen-bond acceptors (Lipinski definition) is 5. The number of H-pyrrole nitrogens is 1. The predicted octanol–water partition coefficient (Wildman–Crippen LogP) is 6.41. The molecule has 0 aliphatic rings. The molecule has 0 spiro atoms. The first-order valence-corrected chi connectivity index (χ1v) is 13.2. The number of aromatic amines is 1. The van der Waals surface area contributed by atoms with Crippen LogP contribution in [-0.4, -0.2) is 39.7 Å². The summed E-state index contributed by atoms with van der Waals surface area (Å²) in [5, 5.41) is 15.0. The van der Waals surface area contributed by atoms with E-state index in [1.165, 1.54) is 0 Å². The summed E-state index contributed by atoms with van der Waals surface area (Å²) in [5.41, 5.74) is 8.44. The molecule has 38 heavy (non-hydrogen) atoms. The third-order valence-corrected chi connectivity index (χ3v) is 6.98. The van der Waals surface area contributed by atoms with Crippen molar-refractivity contribution in [2.75, 3.05) is 0 Å². The molecule has 0 amide bonds. The first kappa shape index (κ1) is 23.8. The monoisotopic (exact) mass is 502 g/mol. The number of tetrazole rings is 1. The zero-order valence-electron chi connectivity index (χ0n) is 21.9. The van der Waals surface area contributed by atoms with E-state index in [2.05, 4.69) is 98.0 Å². The fourth-order valence-electron chi connectivity index (χ4n) is 5.29. The number of hydrogen-bond donors (Lipinski definition) is 1. The SMILES string of the molecule is CCCc1nc2ccc(-c3nccn3CCC)cc2n1-c1ccc(-c2ccccc2)c(-c2nnn[nH]2)c1C. The number of aryl methyl sites for hydroxylation is 2. The lowest BCUT2D eigenvalue weighted by Crippen LogP contribution is -2.05. The second-order valence-corrected chi connectivity index (χ2v) is 9.51. The average molecular weight is 503 g/mol. The van der Waals surface area contributed by atoms with E-state index in [0.717, 1.165) is 82.0 Å². The molecule has 3 heterocycles. The molecule has 8 heteroatoms. The topological polar surface area (TPSA) is 90.1 Å². The number of aromatic nitrogens is 8. The third-order valence-electron chi connectivity index (χ3n) is 6.98. The van der Waals surface area contributed by atoms with Gasteiger partial charge in [0.25, 0.3) is 0 Å². The van der Waals surface area contributed by atoms with Gasteiger partial charge in [0.05, 0.1) is 16.7 Å². The lowest BCUT2D eigenvalue weighted by Gasteiger charge is -2.18. The molecule has 0 bridgehead atoms. The minimum atomic E-state index is 0.645. The van der Waals surface area contributed by atoms with Crippen LogP contribution in [0.4, 0.5) is 0 Å². The summed E-state index contributed by atoms with van der Waals surface area (Å²) in [5.74, 6) is 2.66. The van der Waals surface area contributed by atoms with E-state index in [1.807, 2.05) is 30.6 Å². The second kappa shape index (κ2) is 10.0. The van der Waals surface area contributed by atoms with Crippen LogP contribution in [-0.2, 0) is 13.0 Å². The largest absolute Gasteiger partial charge is 0.331 e. The molecule has 0 radical (unpaired) electrons. The van der Waals surface area contributed by atoms with Gasteiger partial charge >= 0.3 is 0 Å². The van der Waals surface area contributed by atoms with Crippen molar-refractivity contribution < 1.29 is 0 Å². The Balaban J connectivity index is 1.60. The smallest absolute Gasteiger partial charge is 0.180 e. The van der Waals surface area contributed by atoms with Gasteiger partial charge in [0.15, 0.2) is 5.82 Å². The van der Waals surface area contributed by atoms with E-state index >= 15 is 0 Å². The molecule has 0 fully saturated rings. The van der Waals surface area contributed by atoms with E-state index < -0.39 is 0 Å². The number of nitrogens with zero attached hydrogens (tertiary/aromatic N) is 7. The van der Waals surface area contributed by atoms with Gasteiger partial charge in [-0.15, -0.1) is 5.10 Å². The van der Waals surface area contributed by atoms with Crippen molar-refractivity contribution in [2.45, 2.75) is 46.6 Å². The van der Waals surface area contributed by atoms with Crippen LogP contribution in [0, 0.1) is 6.92 Å². The van der Waals surface area contributed by atoms with Gasteiger partial charge in [0, 0.05) is 36.5 Å². The molecule has 6 aromatic rings. The molecular formula is C30H30N8. The van der Waals surface area contributed by atoms with Crippen LogP contribution in [0.2, 0.25) is 0 Å². The maximum absolute atomic E-state index is 5.06. The first-order valence-electron chi connectivity index (χ1n) is 13.2. The number of nitrogens with one attached hydrogen (secondary N) is 1. The Morgan fingerprint density at radius 1 is 0.921 bits per heavy atom. The van der Waals surface area contributed by atoms with Crippen molar-refractivity contribution in [3.63, 3.8) is 0 Å². The van der Waals surface area contributed by atoms with Crippen molar-refractivity contribution in [1.82, 2.24) is 39.7 Å². The van der Waals surface area contributed by atoms with Crippen LogP contribution in [0.5, 0.6) is 0 Å². The fraction of sp³-hybridized carbons (Fsp3) is 0.233. The molecule has 0 saturated heterocycles. The van der Waals surface area contributed by atoms with Gasteiger partial charge in [-0.2, -0.15) is 0 Å². The lowest BCUT2D eigenvalue weighted by molar-refractivity contribution is 0.685. The van der Waals surface area contributed by atoms with E-state index in [9.17, 15) is 0 Å². The standard InChI is InChI=1S/C30H30N8/c1-4-9-27-32-24-14-12-22(30-31-16-18-37(30)17-5-2)19-26(24)38(27)25-15-13-23(21-10-7-6-8-11-21)28(20(25)3)29-33-35-36-34-29/h6-8,10-16,18-19H,4-5,9,17H2,1-3H3,(H,33,34,35,36). The molecule has 190 valence electrons. The summed E-state index contributed by atoms with van der Waals surface area (Å²) in [6.07, 6.45) is 6.84. The van der Waals surface area contributed by atoms with Crippen LogP contribution in [0.25, 0.3) is 50.6 Å². The molecule has 0 unspecified atom stereocenters. The number of rotatable bonds is 8. The fourth-order valence-corrected chi connectivity index (χ4v) is 5.29. The first-order chi connectivity index (χ1) is 18.7. The Hall–Kier alpha value is -4.59. The number of benzene rings is 3. The minimum Gasteiger partial charge on any atom is -0.331 e. The van der Waals surface area contributed by atoms with Gasteiger partial charge in [0.1, 0.15) is 11.6 Å². The maximum Gasteiger partial charge on any atom is 0.180 e. The van der Waals surface area contributed by atoms with Crippen molar-refractivity contribution in [2.24, 2.45) is 0 Å². The Morgan fingerprint density at radius 2 is 1.79 bits per heavy atom. The maximum atomic E-state index is 5.06. The Morgan fingerprint density at radius 3 is 2.55 bits per heavy atom. The highest BCUT2D eigenvalue weighted by Crippen LogP contribution is 2.37. The molecule has 3 aromatic carbocycles. The van der Waals surface area contributed by atoms with Gasteiger partial charge in [-0.05, 0) is 71.1 Å². The Kier molecular flexibility index (Phi) is 6.29. The predicted molar refractivity (Wildman–Crippen MR) is 150 cm³/mol. The van der Waals surface area contributed by atoms with E-state index in [1.54, 1.807) is 0 Å². The average Bonchev–Trinajstić information content (AvgIpc) is 3.70. The molecule has 3 aromatic heterocycles. The van der Waals surface area contributed by atoms with Gasteiger partial charge in [-0.25, -0.2) is 15.1 Å². The van der Waals surface area contributed by atoms with Crippen molar-refractivity contribution in [3.8, 4) is 39.6 Å². The van der Waals surface area contributed by atoms with Gasteiger partial charge in [0.2, 0.25) is 0 Å². The minimum absolute atomic E-state index is 0.645. The van der Waals surface area contributed by atoms with E-state index in [4.69, 9.17) is 4.98 Å². The summed E-state index contributed by atoms with van der Waals surface area (Å²) in [7, 11) is 0. The van der Waals surface area contributed by atoms with E-state index in [0.29, 0.717) is 5.82 Å². The number of fused-ring (bicyclic) bond motifs is 1. The molecule has 0 saturated carbocycles. The van der Waals surface area contributed by atoms with Crippen molar-refractivity contribution >= 4 is 11.0 Å². The van der Waals surface area contributed by atoms with Gasteiger partial charge in [-0.1, -0.05) is 50.2 Å². The van der Waals surface area contributed by atoms with Crippen LogP contribution < -0.4 is 0 Å². The molecule has 6 rings (SSSR count). The van der Waals surface area contributed by atoms with Crippen LogP contribution in [0.15, 0.2) is 73.1 Å². The summed E-state index contributed by atoms with van der Waals surface area (Å²) >= 11 is 0. The van der Waals surface area contributed by atoms with Crippen LogP contribution >= 0.6 is 0 Å². The normalized spacial score (nSPS) is 11.4. The van der Waals surface area contributed by atoms with Gasteiger partial charge in [-0.3, -0.25) is 4.57 Å². The summed E-state index contributed by atoms with van der Waals surface area (Å²) < 4.78 is 4.51. The molecule has 0 atom stereocenters. The summed E-state index contributed by atoms with van der Waals surface area (Å²) in [6, 6.07) is 21.2. The highest BCUT2D eigenvalue weighted by molar-refractivity contribution is 5.88. The molecule has 1 N–H and O–H groups in total. The van der Waals surface area contributed by atoms with Crippen LogP contribution in [0.1, 0.15) is 38.1 Å². The zero-order chi connectivity index (χ0) is 26.1. The zero-order valence-corrected chi connectivity index (χ0v) is 21.9. The Bertz CT molecular complexity index is 1690. The van der Waals surface area contributed by atoms with E-state index in [-0.39, 0.29) is 0 Å². The molecular weight excluding hydrogens is 472 g/mol.